The largest absolute Gasteiger partial charge is 0.352 e. The quantitative estimate of drug-likeness (QED) is 0.710. The predicted molar refractivity (Wildman–Crippen MR) is 116 cm³/mol. The van der Waals surface area contributed by atoms with E-state index in [1.165, 1.54) is 5.56 Å². The van der Waals surface area contributed by atoms with E-state index in [4.69, 9.17) is 0 Å². The monoisotopic (exact) mass is 400 g/mol. The van der Waals surface area contributed by atoms with Crippen molar-refractivity contribution >= 4 is 11.8 Å². The molecule has 6 nitrogen and oxygen atoms in total. The van der Waals surface area contributed by atoms with Crippen LogP contribution in [-0.4, -0.2) is 85.9 Å². The maximum absolute atomic E-state index is 12.4. The van der Waals surface area contributed by atoms with Crippen LogP contribution < -0.4 is 5.32 Å². The average Bonchev–Trinajstić information content (AvgIpc) is 2.73. The van der Waals surface area contributed by atoms with Crippen molar-refractivity contribution in [2.75, 3.05) is 59.4 Å². The van der Waals surface area contributed by atoms with Gasteiger partial charge in [0.05, 0.1) is 0 Å². The van der Waals surface area contributed by atoms with Crippen LogP contribution in [0.1, 0.15) is 42.1 Å². The van der Waals surface area contributed by atoms with Gasteiger partial charge >= 0.3 is 0 Å². The number of piperidine rings is 1. The summed E-state index contributed by atoms with van der Waals surface area (Å²) < 4.78 is 0. The van der Waals surface area contributed by atoms with Crippen molar-refractivity contribution in [2.45, 2.75) is 32.6 Å². The molecule has 160 valence electrons. The fourth-order valence-corrected chi connectivity index (χ4v) is 4.26. The van der Waals surface area contributed by atoms with Gasteiger partial charge in [0.1, 0.15) is 0 Å². The third-order valence-corrected chi connectivity index (χ3v) is 6.33. The molecule has 0 unspecified atom stereocenters. The molecule has 1 aromatic carbocycles. The van der Waals surface area contributed by atoms with Crippen molar-refractivity contribution in [1.29, 1.82) is 0 Å². The Bertz CT molecular complexity index is 660. The molecule has 1 aromatic rings. The molecule has 0 aromatic heterocycles. The Kier molecular flexibility index (Phi) is 8.07. The zero-order valence-electron chi connectivity index (χ0n) is 18.0. The Hall–Kier alpha value is -1.92. The molecule has 0 bridgehead atoms. The minimum absolute atomic E-state index is 0.0182. The van der Waals surface area contributed by atoms with Gasteiger partial charge in [0.25, 0.3) is 5.91 Å². The number of likely N-dealkylation sites (tertiary alicyclic amines) is 1. The molecule has 0 aliphatic carbocycles. The summed E-state index contributed by atoms with van der Waals surface area (Å²) >= 11 is 0. The van der Waals surface area contributed by atoms with E-state index in [1.54, 1.807) is 6.92 Å². The number of rotatable bonds is 7. The third-order valence-electron chi connectivity index (χ3n) is 6.33. The lowest BCUT2D eigenvalue weighted by Crippen LogP contribution is -2.45. The van der Waals surface area contributed by atoms with Crippen LogP contribution in [0.3, 0.4) is 0 Å². The van der Waals surface area contributed by atoms with E-state index in [1.807, 2.05) is 17.0 Å². The van der Waals surface area contributed by atoms with Gasteiger partial charge in [-0.2, -0.15) is 0 Å². The molecule has 2 aliphatic rings. The first-order valence-electron chi connectivity index (χ1n) is 11.0. The third kappa shape index (κ3) is 6.82. The Labute approximate surface area is 175 Å². The van der Waals surface area contributed by atoms with E-state index >= 15 is 0 Å². The van der Waals surface area contributed by atoms with Gasteiger partial charge in [0.2, 0.25) is 5.91 Å². The molecule has 2 amide bonds. The molecular formula is C23H36N4O2. The topological polar surface area (TPSA) is 55.9 Å². The van der Waals surface area contributed by atoms with Gasteiger partial charge in [-0.3, -0.25) is 9.59 Å². The highest BCUT2D eigenvalue weighted by molar-refractivity contribution is 5.94. The zero-order chi connectivity index (χ0) is 20.6. The van der Waals surface area contributed by atoms with E-state index in [2.05, 4.69) is 34.3 Å². The molecule has 0 radical (unpaired) electrons. The van der Waals surface area contributed by atoms with Gasteiger partial charge in [-0.15, -0.1) is 0 Å². The Balaban J connectivity index is 1.35. The second-order valence-electron chi connectivity index (χ2n) is 8.60. The fraction of sp³-hybridized carbons (Fsp3) is 0.652. The zero-order valence-corrected chi connectivity index (χ0v) is 18.0. The van der Waals surface area contributed by atoms with Crippen molar-refractivity contribution in [3.8, 4) is 0 Å². The predicted octanol–water partition coefficient (Wildman–Crippen LogP) is 1.85. The highest BCUT2D eigenvalue weighted by Crippen LogP contribution is 2.22. The van der Waals surface area contributed by atoms with E-state index in [0.717, 1.165) is 83.6 Å². The number of piperazine rings is 1. The molecular weight excluding hydrogens is 364 g/mol. The van der Waals surface area contributed by atoms with E-state index < -0.39 is 0 Å². The smallest absolute Gasteiger partial charge is 0.251 e. The molecule has 2 aliphatic heterocycles. The van der Waals surface area contributed by atoms with Crippen LogP contribution in [0, 0.1) is 5.92 Å². The minimum Gasteiger partial charge on any atom is -0.352 e. The number of carbonyl (C=O) groups is 2. The summed E-state index contributed by atoms with van der Waals surface area (Å²) in [4.78, 5) is 30.6. The first-order valence-corrected chi connectivity index (χ1v) is 11.0. The van der Waals surface area contributed by atoms with Crippen LogP contribution in [0.2, 0.25) is 0 Å². The maximum atomic E-state index is 12.4. The van der Waals surface area contributed by atoms with Crippen LogP contribution in [-0.2, 0) is 11.2 Å². The van der Waals surface area contributed by atoms with Crippen molar-refractivity contribution in [3.05, 3.63) is 35.4 Å². The molecule has 1 N–H and O–H groups in total. The molecule has 29 heavy (non-hydrogen) atoms. The lowest BCUT2D eigenvalue weighted by molar-refractivity contribution is -0.130. The van der Waals surface area contributed by atoms with Crippen LogP contribution in [0.15, 0.2) is 24.3 Å². The highest BCUT2D eigenvalue weighted by Gasteiger charge is 2.21. The summed E-state index contributed by atoms with van der Waals surface area (Å²) in [6.45, 7) is 9.68. The first kappa shape index (κ1) is 21.8. The van der Waals surface area contributed by atoms with Crippen molar-refractivity contribution in [3.63, 3.8) is 0 Å². The molecule has 0 spiro atoms. The number of nitrogens with one attached hydrogen (secondary N) is 1. The first-order chi connectivity index (χ1) is 14.0. The number of nitrogens with zero attached hydrogens (tertiary/aromatic N) is 3. The molecule has 0 atom stereocenters. The van der Waals surface area contributed by atoms with Crippen LogP contribution in [0.25, 0.3) is 0 Å². The second-order valence-corrected chi connectivity index (χ2v) is 8.60. The minimum atomic E-state index is 0.0182. The number of benzene rings is 1. The Morgan fingerprint density at radius 3 is 2.28 bits per heavy atom. The number of hydrogen-bond donors (Lipinski definition) is 1. The number of carbonyl (C=O) groups excluding carboxylic acids is 2. The van der Waals surface area contributed by atoms with Crippen molar-refractivity contribution < 1.29 is 9.59 Å². The van der Waals surface area contributed by atoms with E-state index in [-0.39, 0.29) is 11.8 Å². The van der Waals surface area contributed by atoms with Crippen LogP contribution in [0.4, 0.5) is 0 Å². The number of amides is 2. The Morgan fingerprint density at radius 2 is 1.66 bits per heavy atom. The summed E-state index contributed by atoms with van der Waals surface area (Å²) in [5.74, 6) is 0.826. The molecule has 2 heterocycles. The van der Waals surface area contributed by atoms with Crippen LogP contribution in [0.5, 0.6) is 0 Å². The lowest BCUT2D eigenvalue weighted by atomic mass is 9.90. The second kappa shape index (κ2) is 10.7. The lowest BCUT2D eigenvalue weighted by Gasteiger charge is -2.32. The maximum Gasteiger partial charge on any atom is 0.251 e. The number of likely N-dealkylation sites (N-methyl/N-ethyl adjacent to an activating group) is 1. The van der Waals surface area contributed by atoms with Crippen LogP contribution >= 0.6 is 0 Å². The van der Waals surface area contributed by atoms with Gasteiger partial charge in [-0.1, -0.05) is 12.1 Å². The van der Waals surface area contributed by atoms with Gasteiger partial charge in [0, 0.05) is 58.3 Å². The molecule has 2 saturated heterocycles. The normalized spacial score (nSPS) is 19.3. The Morgan fingerprint density at radius 1 is 1.00 bits per heavy atom. The van der Waals surface area contributed by atoms with Crippen molar-refractivity contribution in [1.82, 2.24) is 20.0 Å². The number of hydrogen-bond acceptors (Lipinski definition) is 4. The van der Waals surface area contributed by atoms with Gasteiger partial charge in [0.15, 0.2) is 0 Å². The molecule has 3 rings (SSSR count). The van der Waals surface area contributed by atoms with Crippen molar-refractivity contribution in [2.24, 2.45) is 5.92 Å². The molecule has 0 saturated carbocycles. The van der Waals surface area contributed by atoms with E-state index in [9.17, 15) is 9.59 Å². The summed E-state index contributed by atoms with van der Waals surface area (Å²) in [5, 5.41) is 3.05. The molecule has 2 fully saturated rings. The molecule has 6 heteroatoms. The summed E-state index contributed by atoms with van der Waals surface area (Å²) in [5.41, 5.74) is 2.01. The van der Waals surface area contributed by atoms with Gasteiger partial charge < -0.3 is 20.0 Å². The van der Waals surface area contributed by atoms with Gasteiger partial charge in [-0.05, 0) is 62.9 Å². The highest BCUT2D eigenvalue weighted by atomic mass is 16.2. The summed E-state index contributed by atoms with van der Waals surface area (Å²) in [7, 11) is 2.17. The average molecular weight is 401 g/mol. The van der Waals surface area contributed by atoms with Gasteiger partial charge in [-0.25, -0.2) is 0 Å². The standard InChI is InChI=1S/C23H36N4O2/c1-19(28)27-12-8-21(9-13-27)18-20-4-6-22(7-5-20)23(29)24-10-3-11-26-16-14-25(2)15-17-26/h4-7,21H,3,8-18H2,1-2H3,(H,24,29). The SMILES string of the molecule is CC(=O)N1CCC(Cc2ccc(C(=O)NCCCN3CCN(C)CC3)cc2)CC1. The summed E-state index contributed by atoms with van der Waals surface area (Å²) in [6, 6.07) is 8.04. The fourth-order valence-electron chi connectivity index (χ4n) is 4.26. The summed E-state index contributed by atoms with van der Waals surface area (Å²) in [6.07, 6.45) is 4.15. The van der Waals surface area contributed by atoms with E-state index in [0.29, 0.717) is 5.92 Å².